The van der Waals surface area contributed by atoms with Gasteiger partial charge in [-0.15, -0.1) is 0 Å². The second kappa shape index (κ2) is 4.78. The molecule has 1 fully saturated rings. The third-order valence-electron chi connectivity index (χ3n) is 4.18. The highest BCUT2D eigenvalue weighted by molar-refractivity contribution is 5.36. The van der Waals surface area contributed by atoms with Gasteiger partial charge in [0.05, 0.1) is 5.69 Å². The Morgan fingerprint density at radius 1 is 1.32 bits per heavy atom. The quantitative estimate of drug-likeness (QED) is 0.774. The molecule has 0 amide bonds. The summed E-state index contributed by atoms with van der Waals surface area (Å²) < 4.78 is 15.4. The second-order valence-electron chi connectivity index (χ2n) is 5.66. The van der Waals surface area contributed by atoms with E-state index in [1.165, 1.54) is 16.6 Å². The highest BCUT2D eigenvalue weighted by Gasteiger charge is 2.45. The standard InChI is InChI=1S/C16H15FN4O/c17-13-4-2-1-3-12(13)16(6-7-16)18-10-11-9-15(22)21-14(20-11)5-8-19-21/h1-5,8-9,18-19H,6-7,10H2. The number of hydrogen-bond acceptors (Lipinski definition) is 3. The first-order valence-corrected chi connectivity index (χ1v) is 7.24. The maximum Gasteiger partial charge on any atom is 0.272 e. The molecule has 0 bridgehead atoms. The zero-order chi connectivity index (χ0) is 15.2. The first-order chi connectivity index (χ1) is 10.7. The van der Waals surface area contributed by atoms with E-state index in [0.29, 0.717) is 23.4 Å². The van der Waals surface area contributed by atoms with Crippen LogP contribution in [0.3, 0.4) is 0 Å². The number of aromatic amines is 1. The van der Waals surface area contributed by atoms with E-state index < -0.39 is 0 Å². The summed E-state index contributed by atoms with van der Waals surface area (Å²) in [6.45, 7) is 0.436. The van der Waals surface area contributed by atoms with Crippen LogP contribution in [0.25, 0.3) is 5.65 Å². The lowest BCUT2D eigenvalue weighted by Crippen LogP contribution is -2.30. The zero-order valence-electron chi connectivity index (χ0n) is 11.8. The monoisotopic (exact) mass is 298 g/mol. The Labute approximate surface area is 125 Å². The van der Waals surface area contributed by atoms with Gasteiger partial charge in [0.15, 0.2) is 5.65 Å². The van der Waals surface area contributed by atoms with E-state index in [-0.39, 0.29) is 16.9 Å². The van der Waals surface area contributed by atoms with Crippen LogP contribution in [0.4, 0.5) is 4.39 Å². The summed E-state index contributed by atoms with van der Waals surface area (Å²) in [5, 5.41) is 6.17. The molecule has 3 aromatic rings. The lowest BCUT2D eigenvalue weighted by Gasteiger charge is -2.18. The van der Waals surface area contributed by atoms with Gasteiger partial charge in [0.1, 0.15) is 5.82 Å². The number of rotatable bonds is 4. The predicted molar refractivity (Wildman–Crippen MR) is 80.0 cm³/mol. The first kappa shape index (κ1) is 13.2. The van der Waals surface area contributed by atoms with Crippen molar-refractivity contribution in [1.82, 2.24) is 19.9 Å². The number of nitrogens with zero attached hydrogens (tertiary/aromatic N) is 2. The van der Waals surface area contributed by atoms with Crippen LogP contribution in [-0.2, 0) is 12.1 Å². The third-order valence-corrected chi connectivity index (χ3v) is 4.18. The number of hydrogen-bond donors (Lipinski definition) is 2. The molecule has 112 valence electrons. The molecule has 0 spiro atoms. The summed E-state index contributed by atoms with van der Waals surface area (Å²) in [6, 6.07) is 10.1. The Balaban J connectivity index is 1.59. The summed E-state index contributed by atoms with van der Waals surface area (Å²) >= 11 is 0. The largest absolute Gasteiger partial charge is 0.302 e. The Bertz CT molecular complexity index is 894. The van der Waals surface area contributed by atoms with Gasteiger partial charge in [0.25, 0.3) is 5.56 Å². The van der Waals surface area contributed by atoms with Crippen LogP contribution in [0.5, 0.6) is 0 Å². The minimum atomic E-state index is -0.323. The van der Waals surface area contributed by atoms with Crippen LogP contribution in [0.15, 0.2) is 47.4 Å². The number of aromatic nitrogens is 3. The number of nitrogens with one attached hydrogen (secondary N) is 2. The molecule has 4 rings (SSSR count). The molecule has 22 heavy (non-hydrogen) atoms. The van der Waals surface area contributed by atoms with Crippen molar-refractivity contribution < 1.29 is 4.39 Å². The molecule has 1 aromatic carbocycles. The van der Waals surface area contributed by atoms with Gasteiger partial charge >= 0.3 is 0 Å². The van der Waals surface area contributed by atoms with Crippen LogP contribution < -0.4 is 10.9 Å². The number of halogens is 1. The molecular weight excluding hydrogens is 283 g/mol. The van der Waals surface area contributed by atoms with Crippen LogP contribution in [0, 0.1) is 5.82 Å². The minimum absolute atomic E-state index is 0.150. The molecule has 2 heterocycles. The number of H-pyrrole nitrogens is 1. The van der Waals surface area contributed by atoms with Gasteiger partial charge in [-0.2, -0.15) is 0 Å². The fourth-order valence-corrected chi connectivity index (χ4v) is 2.84. The fourth-order valence-electron chi connectivity index (χ4n) is 2.84. The van der Waals surface area contributed by atoms with Crippen molar-refractivity contribution in [3.63, 3.8) is 0 Å². The van der Waals surface area contributed by atoms with Gasteiger partial charge in [-0.05, 0) is 18.9 Å². The van der Waals surface area contributed by atoms with Crippen molar-refractivity contribution in [1.29, 1.82) is 0 Å². The summed E-state index contributed by atoms with van der Waals surface area (Å²) in [7, 11) is 0. The highest BCUT2D eigenvalue weighted by Crippen LogP contribution is 2.46. The molecule has 1 aliphatic rings. The molecule has 0 aliphatic heterocycles. The molecule has 0 unspecified atom stereocenters. The molecule has 0 atom stereocenters. The first-order valence-electron chi connectivity index (χ1n) is 7.24. The van der Waals surface area contributed by atoms with E-state index in [2.05, 4.69) is 15.4 Å². The van der Waals surface area contributed by atoms with Crippen molar-refractivity contribution in [3.05, 3.63) is 70.0 Å². The third kappa shape index (κ3) is 2.12. The average molecular weight is 298 g/mol. The average Bonchev–Trinajstić information content (AvgIpc) is 3.14. The van der Waals surface area contributed by atoms with Crippen LogP contribution in [-0.4, -0.2) is 14.6 Å². The molecule has 2 N–H and O–H groups in total. The van der Waals surface area contributed by atoms with Crippen molar-refractivity contribution in [3.8, 4) is 0 Å². The van der Waals surface area contributed by atoms with Gasteiger partial charge in [-0.3, -0.25) is 9.89 Å². The SMILES string of the molecule is O=c1cc(CNC2(c3ccccc3F)CC2)nc2cc[nH]n12. The Morgan fingerprint density at radius 2 is 2.14 bits per heavy atom. The van der Waals surface area contributed by atoms with E-state index in [1.807, 2.05) is 12.1 Å². The summed E-state index contributed by atoms with van der Waals surface area (Å²) in [4.78, 5) is 16.3. The van der Waals surface area contributed by atoms with Gasteiger partial charge < -0.3 is 5.32 Å². The second-order valence-corrected chi connectivity index (χ2v) is 5.66. The van der Waals surface area contributed by atoms with E-state index in [1.54, 1.807) is 18.3 Å². The predicted octanol–water partition coefficient (Wildman–Crippen LogP) is 1.94. The smallest absolute Gasteiger partial charge is 0.272 e. The van der Waals surface area contributed by atoms with Gasteiger partial charge in [-0.1, -0.05) is 18.2 Å². The molecule has 0 radical (unpaired) electrons. The van der Waals surface area contributed by atoms with Crippen molar-refractivity contribution in [2.45, 2.75) is 24.9 Å². The van der Waals surface area contributed by atoms with E-state index in [4.69, 9.17) is 0 Å². The number of benzene rings is 1. The summed E-state index contributed by atoms with van der Waals surface area (Å²) in [5.74, 6) is -0.193. The summed E-state index contributed by atoms with van der Waals surface area (Å²) in [6.07, 6.45) is 3.45. The lowest BCUT2D eigenvalue weighted by molar-refractivity contribution is 0.481. The van der Waals surface area contributed by atoms with Crippen molar-refractivity contribution >= 4 is 5.65 Å². The highest BCUT2D eigenvalue weighted by atomic mass is 19.1. The van der Waals surface area contributed by atoms with Gasteiger partial charge in [-0.25, -0.2) is 13.9 Å². The van der Waals surface area contributed by atoms with Crippen LogP contribution in [0.1, 0.15) is 24.1 Å². The molecule has 1 saturated carbocycles. The molecule has 0 saturated heterocycles. The number of fused-ring (bicyclic) bond motifs is 1. The Morgan fingerprint density at radius 3 is 2.91 bits per heavy atom. The lowest BCUT2D eigenvalue weighted by atomic mass is 10.0. The topological polar surface area (TPSA) is 62.2 Å². The normalized spacial score (nSPS) is 16.0. The van der Waals surface area contributed by atoms with E-state index >= 15 is 0 Å². The molecule has 2 aromatic heterocycles. The fraction of sp³-hybridized carbons (Fsp3) is 0.250. The van der Waals surface area contributed by atoms with Crippen molar-refractivity contribution in [2.24, 2.45) is 0 Å². The Kier molecular flexibility index (Phi) is 2.87. The minimum Gasteiger partial charge on any atom is -0.302 e. The van der Waals surface area contributed by atoms with E-state index in [9.17, 15) is 9.18 Å². The maximum atomic E-state index is 14.0. The van der Waals surface area contributed by atoms with E-state index in [0.717, 1.165) is 12.8 Å². The molecule has 6 heteroatoms. The maximum absolute atomic E-state index is 14.0. The summed E-state index contributed by atoms with van der Waals surface area (Å²) in [5.41, 5.74) is 1.46. The van der Waals surface area contributed by atoms with Gasteiger partial charge in [0.2, 0.25) is 0 Å². The van der Waals surface area contributed by atoms with Crippen LogP contribution in [0.2, 0.25) is 0 Å². The zero-order valence-corrected chi connectivity index (χ0v) is 11.8. The molecule has 5 nitrogen and oxygen atoms in total. The van der Waals surface area contributed by atoms with Gasteiger partial charge in [0, 0.05) is 36.0 Å². The Hall–Kier alpha value is -2.47. The molecule has 1 aliphatic carbocycles. The molecular formula is C16H15FN4O. The van der Waals surface area contributed by atoms with Crippen LogP contribution >= 0.6 is 0 Å². The van der Waals surface area contributed by atoms with Crippen molar-refractivity contribution in [2.75, 3.05) is 0 Å².